The lowest BCUT2D eigenvalue weighted by atomic mass is 9.72. The maximum atomic E-state index is 14.2. The number of unbranched alkanes of at least 4 members (excludes halogenated alkanes) is 8. The van der Waals surface area contributed by atoms with Crippen molar-refractivity contribution in [3.63, 3.8) is 0 Å². The van der Waals surface area contributed by atoms with Gasteiger partial charge in [-0.3, -0.25) is 19.7 Å². The lowest BCUT2D eigenvalue weighted by Crippen LogP contribution is -2.63. The summed E-state index contributed by atoms with van der Waals surface area (Å²) < 4.78 is 11.7. The van der Waals surface area contributed by atoms with Gasteiger partial charge in [-0.1, -0.05) is 126 Å². The number of carbonyl (C=O) groups excluding carboxylic acids is 4. The van der Waals surface area contributed by atoms with Gasteiger partial charge in [0.15, 0.2) is 17.3 Å². The molecule has 0 spiro atoms. The Labute approximate surface area is 354 Å². The maximum Gasteiger partial charge on any atom is 0.409 e. The molecule has 1 aliphatic rings. The summed E-state index contributed by atoms with van der Waals surface area (Å²) in [4.78, 5) is 55.2. The Morgan fingerprint density at radius 3 is 1.69 bits per heavy atom. The maximum absolute atomic E-state index is 14.2. The van der Waals surface area contributed by atoms with Crippen LogP contribution >= 0.6 is 0 Å². The summed E-state index contributed by atoms with van der Waals surface area (Å²) in [5.41, 5.74) is -2.58. The van der Waals surface area contributed by atoms with Gasteiger partial charge in [0.1, 0.15) is 5.75 Å². The lowest BCUT2D eigenvalue weighted by Gasteiger charge is -2.43. The van der Waals surface area contributed by atoms with Crippen LogP contribution in [-0.2, 0) is 14.3 Å². The average Bonchev–Trinajstić information content (AvgIpc) is 3.51. The number of rotatable bonds is 22. The van der Waals surface area contributed by atoms with Gasteiger partial charge in [-0.05, 0) is 85.8 Å². The van der Waals surface area contributed by atoms with Crippen molar-refractivity contribution in [3.05, 3.63) is 29.8 Å². The fraction of sp³-hybridized carbons (Fsp3) is 0.796. The number of hydrogen-bond acceptors (Lipinski definition) is 8. The summed E-state index contributed by atoms with van der Waals surface area (Å²) in [6.45, 7) is 32.2. The molecule has 1 amide bonds. The molecule has 1 fully saturated rings. The number of amides is 1. The molecular weight excluding hydrogens is 727 g/mol. The van der Waals surface area contributed by atoms with Crippen LogP contribution in [0.3, 0.4) is 0 Å². The number of carbonyl (C=O) groups is 4. The van der Waals surface area contributed by atoms with E-state index in [-0.39, 0.29) is 34.5 Å². The zero-order valence-corrected chi connectivity index (χ0v) is 39.7. The number of likely N-dealkylation sites (tertiary alicyclic amines) is 1. The van der Waals surface area contributed by atoms with Gasteiger partial charge in [-0.2, -0.15) is 0 Å². The third kappa shape index (κ3) is 17.1. The minimum Gasteiger partial charge on any atom is -0.494 e. The van der Waals surface area contributed by atoms with E-state index < -0.39 is 27.3 Å². The molecule has 1 aliphatic heterocycles. The zero-order valence-electron chi connectivity index (χ0n) is 39.7. The Hall–Kier alpha value is -2.78. The Morgan fingerprint density at radius 2 is 1.19 bits per heavy atom. The van der Waals surface area contributed by atoms with Gasteiger partial charge in [-0.25, -0.2) is 4.79 Å². The highest BCUT2D eigenvalue weighted by Crippen LogP contribution is 2.35. The molecule has 332 valence electrons. The van der Waals surface area contributed by atoms with Gasteiger partial charge in [0.05, 0.1) is 24.3 Å². The van der Waals surface area contributed by atoms with Crippen molar-refractivity contribution in [2.45, 2.75) is 209 Å². The van der Waals surface area contributed by atoms with Crippen LogP contribution in [0, 0.1) is 16.2 Å². The van der Waals surface area contributed by atoms with E-state index in [0.717, 1.165) is 82.8 Å². The summed E-state index contributed by atoms with van der Waals surface area (Å²) in [7, 11) is 0. The minimum absolute atomic E-state index is 0.109. The predicted molar refractivity (Wildman–Crippen MR) is 239 cm³/mol. The van der Waals surface area contributed by atoms with E-state index in [1.807, 2.05) is 86.6 Å². The van der Waals surface area contributed by atoms with Gasteiger partial charge < -0.3 is 19.7 Å². The van der Waals surface area contributed by atoms with Crippen LogP contribution in [0.2, 0.25) is 0 Å². The van der Waals surface area contributed by atoms with Crippen molar-refractivity contribution in [2.75, 3.05) is 26.3 Å². The Morgan fingerprint density at radius 1 is 0.655 bits per heavy atom. The van der Waals surface area contributed by atoms with Crippen LogP contribution in [0.4, 0.5) is 4.79 Å². The molecule has 2 N–H and O–H groups in total. The number of Topliss-reactive ketones (excluding diaryl/α,β-unsaturated/α-hetero) is 3. The van der Waals surface area contributed by atoms with Crippen LogP contribution in [0.25, 0.3) is 0 Å². The SMILES string of the molecule is CC(C)(C)NC(CCCCCCCCOC(=O)N1CC[C@@](NC(C)(C)C)(C(=O)C(C)(C)C)C1)(CCCCCCOc1cccc(C(=O)C(C)(C)C)c1)C(=O)C(C)(C)C. The average molecular weight is 812 g/mol. The smallest absolute Gasteiger partial charge is 0.409 e. The molecule has 2 atom stereocenters. The summed E-state index contributed by atoms with van der Waals surface area (Å²) in [5, 5.41) is 7.38. The largest absolute Gasteiger partial charge is 0.494 e. The van der Waals surface area contributed by atoms with Gasteiger partial charge in [0.2, 0.25) is 0 Å². The second kappa shape index (κ2) is 21.1. The molecule has 1 unspecified atom stereocenters. The molecule has 0 radical (unpaired) electrons. The van der Waals surface area contributed by atoms with Crippen molar-refractivity contribution < 1.29 is 28.7 Å². The van der Waals surface area contributed by atoms with Crippen LogP contribution in [0.5, 0.6) is 5.75 Å². The second-order valence-corrected chi connectivity index (χ2v) is 22.3. The first-order valence-electron chi connectivity index (χ1n) is 22.4. The molecule has 1 aromatic carbocycles. The highest BCUT2D eigenvalue weighted by atomic mass is 16.6. The monoisotopic (exact) mass is 812 g/mol. The molecule has 0 aromatic heterocycles. The van der Waals surface area contributed by atoms with E-state index >= 15 is 0 Å². The topological polar surface area (TPSA) is 114 Å². The quantitative estimate of drug-likeness (QED) is 0.0879. The van der Waals surface area contributed by atoms with Crippen LogP contribution < -0.4 is 15.4 Å². The van der Waals surface area contributed by atoms with E-state index in [2.05, 4.69) is 52.2 Å². The zero-order chi connectivity index (χ0) is 44.2. The van der Waals surface area contributed by atoms with Crippen LogP contribution in [0.1, 0.15) is 198 Å². The number of nitrogens with zero attached hydrogens (tertiary/aromatic N) is 1. The predicted octanol–water partition coefficient (Wildman–Crippen LogP) is 11.3. The second-order valence-electron chi connectivity index (χ2n) is 22.3. The van der Waals surface area contributed by atoms with Crippen molar-refractivity contribution in [1.29, 1.82) is 0 Å². The standard InChI is InChI=1S/C49H85N3O6/c1-43(2,3)39(53)37-27-26-28-38(35-37)57-33-24-21-19-23-30-48(50-46(10,11)12,40(54)44(4,5)6)29-22-18-16-17-20-25-34-58-42(56)52-32-31-49(36-52,51-47(13,14)15)41(55)45(7,8)9/h26-28,35,50-51H,16-25,29-34,36H2,1-15H3/t48?,49-/m0/s1. The van der Waals surface area contributed by atoms with Crippen molar-refractivity contribution in [2.24, 2.45) is 16.2 Å². The fourth-order valence-electron chi connectivity index (χ4n) is 8.43. The number of benzene rings is 1. The van der Waals surface area contributed by atoms with Gasteiger partial charge in [0, 0.05) is 46.0 Å². The van der Waals surface area contributed by atoms with Crippen LogP contribution in [-0.4, -0.2) is 76.8 Å². The first-order chi connectivity index (χ1) is 26.5. The van der Waals surface area contributed by atoms with Crippen molar-refractivity contribution in [1.82, 2.24) is 15.5 Å². The Balaban J connectivity index is 1.84. The number of nitrogens with one attached hydrogen (secondary N) is 2. The summed E-state index contributed by atoms with van der Waals surface area (Å²) >= 11 is 0. The molecule has 58 heavy (non-hydrogen) atoms. The summed E-state index contributed by atoms with van der Waals surface area (Å²) in [5.74, 6) is 1.26. The molecule has 0 aliphatic carbocycles. The number of hydrogen-bond donors (Lipinski definition) is 2. The lowest BCUT2D eigenvalue weighted by molar-refractivity contribution is -0.135. The van der Waals surface area contributed by atoms with Crippen molar-refractivity contribution >= 4 is 23.4 Å². The molecule has 0 saturated carbocycles. The normalized spacial score (nSPS) is 17.9. The minimum atomic E-state index is -0.771. The first-order valence-corrected chi connectivity index (χ1v) is 22.4. The fourth-order valence-corrected chi connectivity index (χ4v) is 8.43. The van der Waals surface area contributed by atoms with Gasteiger partial charge in [0.25, 0.3) is 0 Å². The third-order valence-corrected chi connectivity index (χ3v) is 10.8. The Bertz CT molecular complexity index is 1490. The Kier molecular flexibility index (Phi) is 18.7. The van der Waals surface area contributed by atoms with E-state index in [4.69, 9.17) is 9.47 Å². The molecule has 9 heteroatoms. The van der Waals surface area contributed by atoms with E-state index in [9.17, 15) is 19.2 Å². The van der Waals surface area contributed by atoms with Crippen molar-refractivity contribution in [3.8, 4) is 5.75 Å². The van der Waals surface area contributed by atoms with E-state index in [0.29, 0.717) is 38.3 Å². The molecular formula is C49H85N3O6. The van der Waals surface area contributed by atoms with Gasteiger partial charge in [-0.15, -0.1) is 0 Å². The number of ketones is 3. The third-order valence-electron chi connectivity index (χ3n) is 10.8. The first kappa shape index (κ1) is 51.4. The highest BCUT2D eigenvalue weighted by Gasteiger charge is 2.51. The summed E-state index contributed by atoms with van der Waals surface area (Å²) in [6, 6.07) is 7.49. The molecule has 9 nitrogen and oxygen atoms in total. The molecule has 2 rings (SSSR count). The van der Waals surface area contributed by atoms with E-state index in [1.54, 1.807) is 4.90 Å². The molecule has 0 bridgehead atoms. The van der Waals surface area contributed by atoms with Crippen LogP contribution in [0.15, 0.2) is 24.3 Å². The molecule has 1 saturated heterocycles. The van der Waals surface area contributed by atoms with E-state index in [1.165, 1.54) is 0 Å². The number of ether oxygens (including phenoxy) is 2. The molecule has 1 heterocycles. The highest BCUT2D eigenvalue weighted by molar-refractivity contribution is 6.00. The summed E-state index contributed by atoms with van der Waals surface area (Å²) in [6.07, 6.45) is 11.7. The molecule has 1 aromatic rings. The van der Waals surface area contributed by atoms with Gasteiger partial charge >= 0.3 is 6.09 Å².